The van der Waals surface area contributed by atoms with Crippen LogP contribution in [0, 0.1) is 6.92 Å². The number of aromatic nitrogens is 1. The fourth-order valence-corrected chi connectivity index (χ4v) is 4.89. The summed E-state index contributed by atoms with van der Waals surface area (Å²) in [5.41, 5.74) is 3.44. The van der Waals surface area contributed by atoms with Gasteiger partial charge >= 0.3 is 0 Å². The number of hydrogen-bond donors (Lipinski definition) is 1. The molecule has 8 heteroatoms. The van der Waals surface area contributed by atoms with Crippen LogP contribution >= 0.6 is 0 Å². The number of sulfonamides is 1. The number of aryl methyl sites for hydroxylation is 1. The van der Waals surface area contributed by atoms with Crippen LogP contribution in [0.3, 0.4) is 0 Å². The lowest BCUT2D eigenvalue weighted by Crippen LogP contribution is -2.28. The summed E-state index contributed by atoms with van der Waals surface area (Å²) < 4.78 is 34.4. The van der Waals surface area contributed by atoms with Crippen LogP contribution in [0.5, 0.6) is 5.75 Å². The normalized spacial score (nSPS) is 13.0. The summed E-state index contributed by atoms with van der Waals surface area (Å²) in [6.45, 7) is 4.53. The van der Waals surface area contributed by atoms with Gasteiger partial charge in [0, 0.05) is 30.2 Å². The number of amides is 1. The van der Waals surface area contributed by atoms with Crippen molar-refractivity contribution in [2.75, 3.05) is 22.8 Å². The lowest BCUT2D eigenvalue weighted by Gasteiger charge is -2.19. The maximum absolute atomic E-state index is 13.1. The van der Waals surface area contributed by atoms with Crippen LogP contribution in [0.2, 0.25) is 0 Å². The first-order valence-corrected chi connectivity index (χ1v) is 11.5. The predicted octanol–water partition coefficient (Wildman–Crippen LogP) is 3.79. The molecule has 160 valence electrons. The maximum atomic E-state index is 13.1. The Labute approximate surface area is 181 Å². The average Bonchev–Trinajstić information content (AvgIpc) is 3.18. The number of rotatable bonds is 6. The predicted molar refractivity (Wildman–Crippen MR) is 119 cm³/mol. The van der Waals surface area contributed by atoms with E-state index in [2.05, 4.69) is 9.71 Å². The topological polar surface area (TPSA) is 88.6 Å². The summed E-state index contributed by atoms with van der Waals surface area (Å²) in [6, 6.07) is 13.7. The average molecular weight is 438 g/mol. The van der Waals surface area contributed by atoms with E-state index in [0.29, 0.717) is 42.3 Å². The molecule has 1 aliphatic rings. The van der Waals surface area contributed by atoms with Gasteiger partial charge in [0.15, 0.2) is 0 Å². The Morgan fingerprint density at radius 2 is 1.90 bits per heavy atom. The number of benzene rings is 2. The van der Waals surface area contributed by atoms with Gasteiger partial charge in [-0.1, -0.05) is 12.1 Å². The number of fused-ring (bicyclic) bond motifs is 1. The second kappa shape index (κ2) is 8.39. The van der Waals surface area contributed by atoms with Gasteiger partial charge in [0.2, 0.25) is 0 Å². The molecule has 0 saturated heterocycles. The summed E-state index contributed by atoms with van der Waals surface area (Å²) >= 11 is 0. The maximum Gasteiger partial charge on any atom is 0.265 e. The fourth-order valence-electron chi connectivity index (χ4n) is 3.61. The number of carbonyl (C=O) groups is 1. The number of hydrogen-bond acceptors (Lipinski definition) is 5. The molecule has 3 aromatic rings. The highest BCUT2D eigenvalue weighted by Crippen LogP contribution is 2.34. The highest BCUT2D eigenvalue weighted by Gasteiger charge is 2.27. The van der Waals surface area contributed by atoms with Gasteiger partial charge in [0.1, 0.15) is 10.6 Å². The van der Waals surface area contributed by atoms with Gasteiger partial charge in [-0.3, -0.25) is 14.5 Å². The van der Waals surface area contributed by atoms with Crippen molar-refractivity contribution in [3.05, 3.63) is 77.6 Å². The smallest absolute Gasteiger partial charge is 0.265 e. The van der Waals surface area contributed by atoms with Crippen molar-refractivity contribution in [3.63, 3.8) is 0 Å². The first-order valence-electron chi connectivity index (χ1n) is 10.00. The minimum Gasteiger partial charge on any atom is -0.492 e. The molecule has 0 radical (unpaired) electrons. The number of carbonyl (C=O) groups excluding carboxylic acids is 1. The zero-order valence-electron chi connectivity index (χ0n) is 17.3. The molecule has 1 aliphatic heterocycles. The third kappa shape index (κ3) is 4.25. The van der Waals surface area contributed by atoms with Crippen molar-refractivity contribution in [2.45, 2.75) is 25.2 Å². The monoisotopic (exact) mass is 437 g/mol. The molecule has 2 heterocycles. The zero-order chi connectivity index (χ0) is 22.0. The van der Waals surface area contributed by atoms with E-state index in [1.54, 1.807) is 60.6 Å². The summed E-state index contributed by atoms with van der Waals surface area (Å²) in [6.07, 6.45) is 3.87. The van der Waals surface area contributed by atoms with Crippen LogP contribution in [-0.4, -0.2) is 32.5 Å². The van der Waals surface area contributed by atoms with E-state index >= 15 is 0 Å². The standard InChI is InChI=1S/C23H23N3O4S/c1-3-30-21-7-4-16(2)14-22(21)31(28,29)25-19-6-5-17-10-13-26(20(17)15-19)23(27)18-8-11-24-12-9-18/h4-9,11-12,14-15,25H,3,10,13H2,1-2H3. The highest BCUT2D eigenvalue weighted by molar-refractivity contribution is 7.92. The molecule has 1 N–H and O–H groups in total. The van der Waals surface area contributed by atoms with E-state index in [-0.39, 0.29) is 10.8 Å². The number of pyridine rings is 1. The third-order valence-corrected chi connectivity index (χ3v) is 6.50. The Bertz CT molecular complexity index is 1230. The molecule has 1 aromatic heterocycles. The summed E-state index contributed by atoms with van der Waals surface area (Å²) in [7, 11) is -3.88. The summed E-state index contributed by atoms with van der Waals surface area (Å²) in [5.74, 6) is 0.162. The van der Waals surface area contributed by atoms with Crippen molar-refractivity contribution in [1.29, 1.82) is 0 Å². The Morgan fingerprint density at radius 3 is 2.65 bits per heavy atom. The van der Waals surface area contributed by atoms with Crippen molar-refractivity contribution in [2.24, 2.45) is 0 Å². The molecule has 1 amide bonds. The van der Waals surface area contributed by atoms with Gasteiger partial charge in [-0.05, 0) is 67.8 Å². The molecule has 0 spiro atoms. The van der Waals surface area contributed by atoms with E-state index in [4.69, 9.17) is 4.74 Å². The number of anilines is 2. The molecule has 7 nitrogen and oxygen atoms in total. The largest absolute Gasteiger partial charge is 0.492 e. The lowest BCUT2D eigenvalue weighted by molar-refractivity contribution is 0.0989. The van der Waals surface area contributed by atoms with Crippen LogP contribution in [0.25, 0.3) is 0 Å². The lowest BCUT2D eigenvalue weighted by atomic mass is 10.1. The number of nitrogens with zero attached hydrogens (tertiary/aromatic N) is 2. The fraction of sp³-hybridized carbons (Fsp3) is 0.217. The van der Waals surface area contributed by atoms with Crippen molar-refractivity contribution in [3.8, 4) is 5.75 Å². The molecule has 0 atom stereocenters. The van der Waals surface area contributed by atoms with Gasteiger partial charge < -0.3 is 9.64 Å². The second-order valence-electron chi connectivity index (χ2n) is 7.27. The molecule has 0 saturated carbocycles. The van der Waals surface area contributed by atoms with E-state index in [9.17, 15) is 13.2 Å². The zero-order valence-corrected chi connectivity index (χ0v) is 18.1. The minimum absolute atomic E-state index is 0.0829. The highest BCUT2D eigenvalue weighted by atomic mass is 32.2. The van der Waals surface area contributed by atoms with E-state index < -0.39 is 10.0 Å². The van der Waals surface area contributed by atoms with Crippen LogP contribution in [-0.2, 0) is 16.4 Å². The first-order chi connectivity index (χ1) is 14.9. The van der Waals surface area contributed by atoms with Gasteiger partial charge in [-0.25, -0.2) is 8.42 Å². The van der Waals surface area contributed by atoms with Crippen molar-refractivity contribution < 1.29 is 17.9 Å². The quantitative estimate of drug-likeness (QED) is 0.634. The molecular weight excluding hydrogens is 414 g/mol. The summed E-state index contributed by atoms with van der Waals surface area (Å²) in [4.78, 5) is 18.6. The summed E-state index contributed by atoms with van der Waals surface area (Å²) in [5, 5.41) is 0. The van der Waals surface area contributed by atoms with Gasteiger partial charge in [0.05, 0.1) is 12.3 Å². The van der Waals surface area contributed by atoms with E-state index in [0.717, 1.165) is 11.1 Å². The van der Waals surface area contributed by atoms with Gasteiger partial charge in [0.25, 0.3) is 15.9 Å². The molecule has 4 rings (SSSR count). The van der Waals surface area contributed by atoms with Crippen LogP contribution in [0.15, 0.2) is 65.8 Å². The SMILES string of the molecule is CCOc1ccc(C)cc1S(=O)(=O)Nc1ccc2c(c1)N(C(=O)c1ccncc1)CC2. The van der Waals surface area contributed by atoms with Crippen LogP contribution < -0.4 is 14.4 Å². The van der Waals surface area contributed by atoms with Gasteiger partial charge in [-0.2, -0.15) is 0 Å². The molecule has 0 unspecified atom stereocenters. The molecular formula is C23H23N3O4S. The van der Waals surface area contributed by atoms with Crippen LogP contribution in [0.1, 0.15) is 28.4 Å². The Hall–Kier alpha value is -3.39. The minimum atomic E-state index is -3.88. The third-order valence-electron chi connectivity index (χ3n) is 5.09. The molecule has 31 heavy (non-hydrogen) atoms. The Morgan fingerprint density at radius 1 is 1.13 bits per heavy atom. The second-order valence-corrected chi connectivity index (χ2v) is 8.93. The van der Waals surface area contributed by atoms with Crippen LogP contribution in [0.4, 0.5) is 11.4 Å². The van der Waals surface area contributed by atoms with E-state index in [1.807, 2.05) is 19.1 Å². The first kappa shape index (κ1) is 20.9. The van der Waals surface area contributed by atoms with Crippen molar-refractivity contribution in [1.82, 2.24) is 4.98 Å². The number of ether oxygens (including phenoxy) is 1. The Balaban J connectivity index is 1.64. The van der Waals surface area contributed by atoms with Gasteiger partial charge in [-0.15, -0.1) is 0 Å². The molecule has 0 fully saturated rings. The molecule has 0 aliphatic carbocycles. The Kier molecular flexibility index (Phi) is 5.65. The van der Waals surface area contributed by atoms with Crippen molar-refractivity contribution >= 4 is 27.3 Å². The molecule has 0 bridgehead atoms. The number of nitrogens with one attached hydrogen (secondary N) is 1. The van der Waals surface area contributed by atoms with E-state index in [1.165, 1.54) is 0 Å². The molecule has 2 aromatic carbocycles.